The van der Waals surface area contributed by atoms with E-state index in [4.69, 9.17) is 29.7 Å². The van der Waals surface area contributed by atoms with Crippen molar-refractivity contribution in [1.29, 1.82) is 0 Å². The van der Waals surface area contributed by atoms with Crippen LogP contribution in [0.2, 0.25) is 5.02 Å². The number of hydrogen-bond acceptors (Lipinski definition) is 4. The standard InChI is InChI=1S/C54H36OSi.C36H24ClOSi.C24H23BO2/c1-4-19-40(20-5-1)56(41-21-6-2-7-22-41,42-23-8-3-9-24-42)52-32-16-31-50-49-30-15-29-43(53(49)55-54(50)52)39-18-14-17-37(35-39)38-33-34-48-46-27-11-10-25-44(46)45-26-12-13-28-47(45)51(48)36-38;37-27-14-10-13-26(25-27)31-21-11-22-32-33-23-12-24-34(36(33)38-35(31)32)39(28-15-4-1-5-16-28,29-17-6-2-7-18-29)30-19-8-3-9-20-30;1-23(2)24(3,4)27-25(26-23)16-13-14-21-19-11-6-5-9-17(19)18-10-7-8-12-20(18)22(21)15-16/h1-36H;1-2,4-25H;5-15H,1-4H3/q;+1;. The zero-order chi connectivity index (χ0) is 82.1. The zero-order valence-electron chi connectivity index (χ0n) is 68.1. The molecule has 21 aromatic rings. The maximum absolute atomic E-state index is 7.27. The van der Waals surface area contributed by atoms with Crippen LogP contribution in [0.1, 0.15) is 27.7 Å². The van der Waals surface area contributed by atoms with Crippen molar-refractivity contribution in [2.24, 2.45) is 0 Å². The van der Waals surface area contributed by atoms with Gasteiger partial charge in [0.05, 0.1) is 16.4 Å². The minimum Gasteiger partial charge on any atom is -0.455 e. The maximum atomic E-state index is 7.27. The Hall–Kier alpha value is -13.8. The third kappa shape index (κ3) is 12.8. The number of halogens is 1. The fourth-order valence-corrected chi connectivity index (χ4v) is 29.3. The minimum atomic E-state index is -2.83. The molecule has 0 bridgehead atoms. The number of allylic oxidation sites excluding steroid dienone is 6. The van der Waals surface area contributed by atoms with Crippen LogP contribution in [0.5, 0.6) is 0 Å². The van der Waals surface area contributed by atoms with Crippen LogP contribution in [0.15, 0.2) is 445 Å². The molecule has 1 fully saturated rings. The molecule has 580 valence electrons. The van der Waals surface area contributed by atoms with Gasteiger partial charge in [0.2, 0.25) is 8.07 Å². The largest absolute Gasteiger partial charge is 0.494 e. The Morgan fingerprint density at radius 1 is 0.270 bits per heavy atom. The average Bonchev–Trinajstić information content (AvgIpc) is 1.41. The molecule has 0 N–H and O–H groups in total. The molecule has 0 spiro atoms. The van der Waals surface area contributed by atoms with Gasteiger partial charge in [0.25, 0.3) is 0 Å². The Balaban J connectivity index is 0.000000121. The van der Waals surface area contributed by atoms with Crippen LogP contribution in [0.25, 0.3) is 142 Å². The fourth-order valence-electron chi connectivity index (χ4n) is 19.4. The monoisotopic (exact) mass is 1620 g/mol. The van der Waals surface area contributed by atoms with Gasteiger partial charge in [-0.15, -0.1) is 0 Å². The number of fused-ring (bicyclic) bond motifs is 18. The average molecular weight is 1620 g/mol. The van der Waals surface area contributed by atoms with E-state index in [1.54, 1.807) is 0 Å². The van der Waals surface area contributed by atoms with Crippen molar-refractivity contribution in [2.75, 3.05) is 0 Å². The number of furan rings is 2. The first-order valence-electron chi connectivity index (χ1n) is 42.0. The van der Waals surface area contributed by atoms with Crippen LogP contribution in [-0.4, -0.2) is 34.5 Å². The number of para-hydroxylation sites is 4. The van der Waals surface area contributed by atoms with E-state index >= 15 is 0 Å². The van der Waals surface area contributed by atoms with Gasteiger partial charge >= 0.3 is 7.12 Å². The molecule has 1 aliphatic heterocycles. The van der Waals surface area contributed by atoms with Crippen LogP contribution >= 0.6 is 11.6 Å². The van der Waals surface area contributed by atoms with Crippen molar-refractivity contribution in [3.05, 3.63) is 447 Å². The highest BCUT2D eigenvalue weighted by Crippen LogP contribution is 2.44. The first-order valence-corrected chi connectivity index (χ1v) is 46.3. The molecule has 19 aromatic carbocycles. The summed E-state index contributed by atoms with van der Waals surface area (Å²) in [6.45, 7) is 8.38. The molecule has 0 atom stereocenters. The predicted molar refractivity (Wildman–Crippen MR) is 522 cm³/mol. The Morgan fingerprint density at radius 3 is 1.02 bits per heavy atom. The van der Waals surface area contributed by atoms with E-state index in [0.717, 1.165) is 71.6 Å². The predicted octanol–water partition coefficient (Wildman–Crippen LogP) is 25.0. The van der Waals surface area contributed by atoms with Crippen molar-refractivity contribution in [2.45, 2.75) is 38.9 Å². The van der Waals surface area contributed by atoms with Gasteiger partial charge in [-0.25, -0.2) is 0 Å². The second-order valence-electron chi connectivity index (χ2n) is 33.0. The van der Waals surface area contributed by atoms with Crippen LogP contribution in [0, 0.1) is 6.08 Å². The molecule has 1 saturated heterocycles. The summed E-state index contributed by atoms with van der Waals surface area (Å²) in [4.78, 5) is 0. The van der Waals surface area contributed by atoms with Gasteiger partial charge in [-0.05, 0) is 175 Å². The molecule has 23 rings (SSSR count). The van der Waals surface area contributed by atoms with E-state index in [9.17, 15) is 0 Å². The van der Waals surface area contributed by atoms with Crippen LogP contribution in [-0.2, 0) is 9.31 Å². The SMILES string of the molecule is CC1(C)OB(c2ccc3c4ccccc4c4ccccc4c3c2)OC1(C)C.Clc1cccc(-c2cccc3c2oc2c([Si](C4=CC=[C+]C=C4)(c4ccccc4)c4ccccc4)cccc23)c1.c1ccc([Si](c2ccccc2)(c2ccccc2)c2cccc3c2oc2c(-c4cccc(-c5ccc6c7ccccc7c7ccccc7c6c5)c4)cccc23)cc1. The summed E-state index contributed by atoms with van der Waals surface area (Å²) in [5, 5.41) is 31.0. The summed E-state index contributed by atoms with van der Waals surface area (Å²) in [6.07, 6.45) is 11.7. The first-order chi connectivity index (χ1) is 59.9. The van der Waals surface area contributed by atoms with Gasteiger partial charge in [0.15, 0.2) is 8.07 Å². The summed E-state index contributed by atoms with van der Waals surface area (Å²) in [5.41, 5.74) is 10.8. The number of hydrogen-bond donors (Lipinski definition) is 0. The Kier molecular flexibility index (Phi) is 19.3. The van der Waals surface area contributed by atoms with Crippen LogP contribution < -0.4 is 41.8 Å². The molecule has 0 saturated carbocycles. The highest BCUT2D eigenvalue weighted by Gasteiger charge is 2.52. The van der Waals surface area contributed by atoms with Gasteiger partial charge in [-0.3, -0.25) is 0 Å². The lowest BCUT2D eigenvalue weighted by molar-refractivity contribution is 0.00578. The van der Waals surface area contributed by atoms with Gasteiger partial charge < -0.3 is 18.1 Å². The van der Waals surface area contributed by atoms with Crippen LogP contribution in [0.4, 0.5) is 0 Å². The smallest absolute Gasteiger partial charge is 0.455 e. The second-order valence-corrected chi connectivity index (χ2v) is 41.0. The van der Waals surface area contributed by atoms with Crippen molar-refractivity contribution in [3.8, 4) is 33.4 Å². The minimum absolute atomic E-state index is 0.335. The quantitative estimate of drug-likeness (QED) is 0.0529. The molecule has 0 radical (unpaired) electrons. The zero-order valence-corrected chi connectivity index (χ0v) is 70.8. The van der Waals surface area contributed by atoms with Crippen molar-refractivity contribution >= 4 is 185 Å². The first kappa shape index (κ1) is 75.6. The summed E-state index contributed by atoms with van der Waals surface area (Å²) in [6, 6.07) is 147. The molecule has 2 aromatic heterocycles. The van der Waals surface area contributed by atoms with E-state index in [1.165, 1.54) is 117 Å². The lowest BCUT2D eigenvalue weighted by atomic mass is 9.77. The highest BCUT2D eigenvalue weighted by atomic mass is 35.5. The van der Waals surface area contributed by atoms with Crippen LogP contribution in [0.3, 0.4) is 0 Å². The molecule has 2 aliphatic rings. The molecule has 8 heteroatoms. The van der Waals surface area contributed by atoms with Crippen molar-refractivity contribution in [1.82, 2.24) is 0 Å². The van der Waals surface area contributed by atoms with E-state index in [0.29, 0.717) is 5.02 Å². The Labute approximate surface area is 717 Å². The molecular formula is C114H83BClO4Si2+. The molecule has 1 aliphatic carbocycles. The molecule has 3 heterocycles. The Morgan fingerprint density at radius 2 is 0.598 bits per heavy atom. The number of benzene rings is 19. The summed E-state index contributed by atoms with van der Waals surface area (Å²) in [7, 11) is -5.94. The third-order valence-electron chi connectivity index (χ3n) is 25.7. The Bertz CT molecular complexity index is 7500. The lowest BCUT2D eigenvalue weighted by Gasteiger charge is -2.34. The van der Waals surface area contributed by atoms with Crippen molar-refractivity contribution in [3.63, 3.8) is 0 Å². The lowest BCUT2D eigenvalue weighted by Crippen LogP contribution is -2.74. The van der Waals surface area contributed by atoms with E-state index < -0.39 is 16.1 Å². The molecule has 0 unspecified atom stereocenters. The van der Waals surface area contributed by atoms with Gasteiger partial charge in [-0.1, -0.05) is 394 Å². The van der Waals surface area contributed by atoms with Gasteiger partial charge in [0, 0.05) is 61.1 Å². The summed E-state index contributed by atoms with van der Waals surface area (Å²) < 4.78 is 26.8. The topological polar surface area (TPSA) is 44.7 Å². The fraction of sp³-hybridized carbons (Fsp3) is 0.0526. The van der Waals surface area contributed by atoms with E-state index in [-0.39, 0.29) is 18.3 Å². The molecule has 122 heavy (non-hydrogen) atoms. The summed E-state index contributed by atoms with van der Waals surface area (Å²) >= 11 is 6.39. The van der Waals surface area contributed by atoms with E-state index in [2.05, 4.69) is 434 Å². The molecule has 0 amide bonds. The van der Waals surface area contributed by atoms with E-state index in [1.807, 2.05) is 30.4 Å². The van der Waals surface area contributed by atoms with Crippen molar-refractivity contribution < 1.29 is 18.1 Å². The second kappa shape index (κ2) is 31.1. The van der Waals surface area contributed by atoms with Gasteiger partial charge in [0.1, 0.15) is 34.5 Å². The van der Waals surface area contributed by atoms with Gasteiger partial charge in [-0.2, -0.15) is 0 Å². The maximum Gasteiger partial charge on any atom is 0.494 e. The highest BCUT2D eigenvalue weighted by molar-refractivity contribution is 7.20. The summed E-state index contributed by atoms with van der Waals surface area (Å²) in [5.74, 6) is 0. The third-order valence-corrected chi connectivity index (χ3v) is 35.6. The molecule has 4 nitrogen and oxygen atoms in total. The normalized spacial score (nSPS) is 13.7. The molecular weight excluding hydrogens is 1540 g/mol. The number of rotatable bonds is 12.